The van der Waals surface area contributed by atoms with Crippen LogP contribution in [0, 0.1) is 0 Å². The summed E-state index contributed by atoms with van der Waals surface area (Å²) in [6, 6.07) is 52.5. The first-order valence-electron chi connectivity index (χ1n) is 24.1. The van der Waals surface area contributed by atoms with Crippen molar-refractivity contribution in [2.75, 3.05) is 0 Å². The van der Waals surface area contributed by atoms with Gasteiger partial charge in [-0.15, -0.1) is 0 Å². The highest BCUT2D eigenvalue weighted by Crippen LogP contribution is 2.51. The molecule has 0 amide bonds. The molecule has 8 heteroatoms. The Bertz CT molecular complexity index is 4730. The summed E-state index contributed by atoms with van der Waals surface area (Å²) in [4.78, 5) is 29.3. The Hall–Kier alpha value is -9.14. The lowest BCUT2D eigenvalue weighted by atomic mass is 9.95. The van der Waals surface area contributed by atoms with Crippen molar-refractivity contribution in [2.45, 2.75) is 25.7 Å². The van der Waals surface area contributed by atoms with Crippen LogP contribution in [-0.4, -0.2) is 38.7 Å². The van der Waals surface area contributed by atoms with E-state index in [1.807, 2.05) is 61.2 Å². The predicted molar refractivity (Wildman–Crippen MR) is 280 cm³/mol. The molecular formula is C62H36N8. The van der Waals surface area contributed by atoms with Gasteiger partial charge in [0.25, 0.3) is 0 Å². The second kappa shape index (κ2) is 13.3. The molecule has 0 spiro atoms. The maximum absolute atomic E-state index is 5.11. The van der Waals surface area contributed by atoms with Gasteiger partial charge in [-0.3, -0.25) is 18.8 Å². The first-order valence-corrected chi connectivity index (χ1v) is 24.1. The lowest BCUT2D eigenvalue weighted by Crippen LogP contribution is -1.96. The summed E-state index contributed by atoms with van der Waals surface area (Å²) in [6.45, 7) is 0. The molecule has 8 aromatic heterocycles. The van der Waals surface area contributed by atoms with Crippen molar-refractivity contribution >= 4 is 77.2 Å². The lowest BCUT2D eigenvalue weighted by molar-refractivity contribution is 1.22. The van der Waals surface area contributed by atoms with E-state index < -0.39 is 0 Å². The summed E-state index contributed by atoms with van der Waals surface area (Å²) in [5.41, 5.74) is 31.8. The number of pyridine rings is 6. The highest BCUT2D eigenvalue weighted by Gasteiger charge is 2.32. The quantitative estimate of drug-likeness (QED) is 0.141. The Morgan fingerprint density at radius 1 is 0.329 bits per heavy atom. The monoisotopic (exact) mass is 892 g/mol. The molecule has 0 N–H and O–H groups in total. The molecule has 0 fully saturated rings. The lowest BCUT2D eigenvalue weighted by Gasteiger charge is -2.11. The predicted octanol–water partition coefficient (Wildman–Crippen LogP) is 13.5. The molecule has 0 aliphatic heterocycles. The molecule has 0 saturated heterocycles. The van der Waals surface area contributed by atoms with Crippen LogP contribution in [0.15, 0.2) is 170 Å². The zero-order chi connectivity index (χ0) is 45.3. The molecule has 8 nitrogen and oxygen atoms in total. The van der Waals surface area contributed by atoms with Crippen LogP contribution in [0.2, 0.25) is 0 Å². The first-order chi connectivity index (χ1) is 34.7. The zero-order valence-corrected chi connectivity index (χ0v) is 37.6. The molecule has 6 aromatic carbocycles. The fourth-order valence-electron chi connectivity index (χ4n) is 13.0. The number of benzene rings is 6. The average molecular weight is 893 g/mol. The Morgan fingerprint density at radius 2 is 0.829 bits per heavy atom. The van der Waals surface area contributed by atoms with Gasteiger partial charge in [0.05, 0.1) is 22.1 Å². The number of imidazole rings is 2. The zero-order valence-electron chi connectivity index (χ0n) is 37.6. The van der Waals surface area contributed by atoms with Crippen molar-refractivity contribution in [1.82, 2.24) is 38.7 Å². The summed E-state index contributed by atoms with van der Waals surface area (Å²) in [6.07, 6.45) is 11.3. The number of hydrogen-bond acceptors (Lipinski definition) is 6. The van der Waals surface area contributed by atoms with Crippen LogP contribution in [-0.2, 0) is 25.7 Å². The fourth-order valence-corrected chi connectivity index (χ4v) is 13.0. The van der Waals surface area contributed by atoms with Crippen molar-refractivity contribution in [3.05, 3.63) is 215 Å². The van der Waals surface area contributed by atoms with E-state index in [1.165, 1.54) is 99.8 Å². The van der Waals surface area contributed by atoms with E-state index in [0.717, 1.165) is 92.1 Å². The van der Waals surface area contributed by atoms with Crippen LogP contribution in [0.1, 0.15) is 44.5 Å². The van der Waals surface area contributed by atoms with E-state index in [0.29, 0.717) is 0 Å². The normalized spacial score (nSPS) is 13.5. The fraction of sp³-hybridized carbons (Fsp3) is 0.0645. The SMILES string of the molecule is c1ccc2c(c1)Cc1cc3c(cc1-2)Cc1c-3ccc2c3ncccc3n3c4ncccc4nc3c12.c1ccc2c(c1)Cc1ccc3c(c1-2)Cc1c-3ccc2c3ncccc3n3c4ncccc4nc3c12. The number of hydrogen-bond donors (Lipinski definition) is 0. The third-order valence-corrected chi connectivity index (χ3v) is 15.9. The summed E-state index contributed by atoms with van der Waals surface area (Å²) in [5, 5.41) is 4.71. The van der Waals surface area contributed by atoms with Crippen LogP contribution in [0.3, 0.4) is 0 Å². The minimum atomic E-state index is 0.880. The molecule has 14 aromatic rings. The molecule has 0 bridgehead atoms. The van der Waals surface area contributed by atoms with Gasteiger partial charge in [-0.25, -0.2) is 19.9 Å². The molecule has 70 heavy (non-hydrogen) atoms. The Labute approximate surface area is 399 Å². The van der Waals surface area contributed by atoms with Gasteiger partial charge in [-0.2, -0.15) is 0 Å². The van der Waals surface area contributed by atoms with E-state index in [1.54, 1.807) is 0 Å². The van der Waals surface area contributed by atoms with Crippen LogP contribution in [0.25, 0.3) is 122 Å². The molecular weight excluding hydrogens is 857 g/mol. The highest BCUT2D eigenvalue weighted by atomic mass is 15.1. The summed E-state index contributed by atoms with van der Waals surface area (Å²) in [7, 11) is 0. The van der Waals surface area contributed by atoms with Gasteiger partial charge in [0.2, 0.25) is 0 Å². The molecule has 4 aliphatic rings. The topological polar surface area (TPSA) is 86.2 Å². The molecule has 324 valence electrons. The smallest absolute Gasteiger partial charge is 0.165 e. The van der Waals surface area contributed by atoms with Gasteiger partial charge >= 0.3 is 0 Å². The van der Waals surface area contributed by atoms with Gasteiger partial charge < -0.3 is 0 Å². The second-order valence-electron chi connectivity index (χ2n) is 19.3. The van der Waals surface area contributed by atoms with Gasteiger partial charge in [-0.05, 0) is 169 Å². The van der Waals surface area contributed by atoms with Crippen molar-refractivity contribution in [3.8, 4) is 44.5 Å². The molecule has 18 rings (SSSR count). The van der Waals surface area contributed by atoms with Gasteiger partial charge in [0.1, 0.15) is 22.3 Å². The number of rotatable bonds is 0. The number of nitrogens with zero attached hydrogens (tertiary/aromatic N) is 8. The number of fused-ring (bicyclic) bond motifs is 31. The van der Waals surface area contributed by atoms with Crippen LogP contribution in [0.5, 0.6) is 0 Å². The van der Waals surface area contributed by atoms with Crippen molar-refractivity contribution in [1.29, 1.82) is 0 Å². The molecule has 0 unspecified atom stereocenters. The Balaban J connectivity index is 0.000000117. The second-order valence-corrected chi connectivity index (χ2v) is 19.3. The van der Waals surface area contributed by atoms with Crippen LogP contribution < -0.4 is 0 Å². The van der Waals surface area contributed by atoms with Crippen molar-refractivity contribution in [2.24, 2.45) is 0 Å². The van der Waals surface area contributed by atoms with E-state index in [4.69, 9.17) is 29.9 Å². The first kappa shape index (κ1) is 36.9. The van der Waals surface area contributed by atoms with E-state index in [-0.39, 0.29) is 0 Å². The van der Waals surface area contributed by atoms with E-state index in [2.05, 4.69) is 118 Å². The maximum Gasteiger partial charge on any atom is 0.165 e. The van der Waals surface area contributed by atoms with Crippen LogP contribution in [0.4, 0.5) is 0 Å². The third kappa shape index (κ3) is 4.74. The molecule has 0 radical (unpaired) electrons. The van der Waals surface area contributed by atoms with E-state index in [9.17, 15) is 0 Å². The van der Waals surface area contributed by atoms with Crippen molar-refractivity contribution < 1.29 is 0 Å². The molecule has 0 atom stereocenters. The van der Waals surface area contributed by atoms with Crippen molar-refractivity contribution in [3.63, 3.8) is 0 Å². The highest BCUT2D eigenvalue weighted by molar-refractivity contribution is 6.17. The molecule has 0 saturated carbocycles. The average Bonchev–Trinajstić information content (AvgIpc) is 4.27. The molecule has 8 heterocycles. The van der Waals surface area contributed by atoms with Gasteiger partial charge in [-0.1, -0.05) is 84.9 Å². The third-order valence-electron chi connectivity index (χ3n) is 15.9. The Kier molecular flexibility index (Phi) is 7.02. The van der Waals surface area contributed by atoms with E-state index >= 15 is 0 Å². The van der Waals surface area contributed by atoms with Gasteiger partial charge in [0.15, 0.2) is 11.3 Å². The van der Waals surface area contributed by atoms with Crippen LogP contribution >= 0.6 is 0 Å². The maximum atomic E-state index is 5.11. The summed E-state index contributed by atoms with van der Waals surface area (Å²) >= 11 is 0. The molecule has 4 aliphatic carbocycles. The summed E-state index contributed by atoms with van der Waals surface area (Å²) in [5.74, 6) is 0. The Morgan fingerprint density at radius 3 is 1.50 bits per heavy atom. The largest absolute Gasteiger partial charge is 0.274 e. The minimum Gasteiger partial charge on any atom is -0.274 e. The van der Waals surface area contributed by atoms with Gasteiger partial charge in [0, 0.05) is 52.8 Å². The standard InChI is InChI=1S/2C31H18N4/c1-2-6-19-17(5-1)15-18-9-10-20-21-11-12-22-28(24(21)16-23(20)27(18)19)31-34-25-7-3-14-33-30(25)35(31)26-8-4-13-32-29(22)26;1-2-6-20-17(5-1)13-18-14-24-19(15-23(18)20)16-25-21(24)9-10-22-28(25)31-34-26-7-3-12-33-30(26)35(31)27-8-4-11-32-29(22)27/h1-14H,15-16H2;1-12,14-15H,13,16H2. The minimum absolute atomic E-state index is 0.880. The summed E-state index contributed by atoms with van der Waals surface area (Å²) < 4.78 is 4.39. The number of aromatic nitrogens is 8.